The summed E-state index contributed by atoms with van der Waals surface area (Å²) in [6.07, 6.45) is 0.323. The van der Waals surface area contributed by atoms with Gasteiger partial charge in [-0.3, -0.25) is 14.4 Å². The van der Waals surface area contributed by atoms with Crippen LogP contribution in [0.25, 0.3) is 0 Å². The Morgan fingerprint density at radius 2 is 2.00 bits per heavy atom. The summed E-state index contributed by atoms with van der Waals surface area (Å²) in [5, 5.41) is 11.9. The number of nitrogens with one attached hydrogen (secondary N) is 1. The third-order valence-corrected chi connectivity index (χ3v) is 5.27. The largest absolute Gasteiger partial charge is 0.497 e. The van der Waals surface area contributed by atoms with Crippen molar-refractivity contribution in [2.45, 2.75) is 45.2 Å². The number of hydrogen-bond donors (Lipinski definition) is 2. The van der Waals surface area contributed by atoms with Gasteiger partial charge in [0.15, 0.2) is 0 Å². The Labute approximate surface area is 168 Å². The Balaban J connectivity index is 1.83. The number of nitrogens with zero attached hydrogens (tertiary/aromatic N) is 2. The quantitative estimate of drug-likeness (QED) is 0.745. The lowest BCUT2D eigenvalue weighted by Crippen LogP contribution is -2.65. The first-order valence-electron chi connectivity index (χ1n) is 9.43. The fourth-order valence-electron chi connectivity index (χ4n) is 3.96. The topological polar surface area (TPSA) is 116 Å². The smallest absolute Gasteiger partial charge is 0.329 e. The molecule has 2 heterocycles. The molecule has 0 spiro atoms. The van der Waals surface area contributed by atoms with Gasteiger partial charge in [0, 0.05) is 19.0 Å². The number of hydrogen-bond acceptors (Lipinski definition) is 5. The maximum absolute atomic E-state index is 13.2. The summed E-state index contributed by atoms with van der Waals surface area (Å²) in [5.41, 5.74) is -0.384. The Morgan fingerprint density at radius 1 is 1.28 bits per heavy atom. The number of carbonyl (C=O) groups excluding carboxylic acids is 3. The van der Waals surface area contributed by atoms with Crippen LogP contribution in [0.2, 0.25) is 0 Å². The molecule has 9 nitrogen and oxygen atoms in total. The van der Waals surface area contributed by atoms with Crippen LogP contribution in [-0.2, 0) is 14.4 Å². The molecule has 0 aliphatic carbocycles. The van der Waals surface area contributed by atoms with Gasteiger partial charge in [0.05, 0.1) is 25.3 Å². The van der Waals surface area contributed by atoms with Gasteiger partial charge in [0.25, 0.3) is 5.91 Å². The van der Waals surface area contributed by atoms with E-state index in [1.807, 2.05) is 0 Å². The first kappa shape index (κ1) is 20.6. The number of methoxy groups -OCH3 is 1. The third-order valence-electron chi connectivity index (χ3n) is 5.27. The average molecular weight is 403 g/mol. The van der Waals surface area contributed by atoms with Gasteiger partial charge < -0.3 is 20.1 Å². The van der Waals surface area contributed by atoms with Gasteiger partial charge in [-0.2, -0.15) is 0 Å². The van der Waals surface area contributed by atoms with Crippen LogP contribution in [0.15, 0.2) is 24.3 Å². The molecular weight excluding hydrogens is 378 g/mol. The molecule has 4 amide bonds. The normalized spacial score (nSPS) is 21.6. The SMILES string of the molecule is COc1cccc(N2C(=O)N[C@H]3CCN(C(=O)CC(C)(C)CC(=O)O)[C@@H]3C2=O)c1. The van der Waals surface area contributed by atoms with Gasteiger partial charge in [0.1, 0.15) is 11.8 Å². The van der Waals surface area contributed by atoms with E-state index in [1.165, 1.54) is 12.0 Å². The molecule has 9 heteroatoms. The van der Waals surface area contributed by atoms with Crippen LogP contribution in [0.4, 0.5) is 10.5 Å². The molecule has 2 aliphatic rings. The third kappa shape index (κ3) is 4.18. The van der Waals surface area contributed by atoms with E-state index in [0.717, 1.165) is 4.90 Å². The molecule has 0 saturated carbocycles. The van der Waals surface area contributed by atoms with Gasteiger partial charge in [-0.15, -0.1) is 0 Å². The first-order valence-corrected chi connectivity index (χ1v) is 9.43. The highest BCUT2D eigenvalue weighted by molar-refractivity contribution is 6.19. The van der Waals surface area contributed by atoms with E-state index in [4.69, 9.17) is 9.84 Å². The van der Waals surface area contributed by atoms with Crippen molar-refractivity contribution in [2.75, 3.05) is 18.6 Å². The molecule has 29 heavy (non-hydrogen) atoms. The van der Waals surface area contributed by atoms with Crippen LogP contribution in [0, 0.1) is 5.41 Å². The molecule has 1 aromatic carbocycles. The van der Waals surface area contributed by atoms with Gasteiger partial charge in [0.2, 0.25) is 5.91 Å². The molecule has 0 unspecified atom stereocenters. The number of carboxylic acids is 1. The van der Waals surface area contributed by atoms with Crippen molar-refractivity contribution in [3.05, 3.63) is 24.3 Å². The lowest BCUT2D eigenvalue weighted by atomic mass is 9.85. The van der Waals surface area contributed by atoms with Crippen molar-refractivity contribution in [1.29, 1.82) is 0 Å². The number of carboxylic acid groups (broad SMARTS) is 1. The van der Waals surface area contributed by atoms with Crippen LogP contribution in [0.3, 0.4) is 0 Å². The van der Waals surface area contributed by atoms with Crippen molar-refractivity contribution >= 4 is 29.5 Å². The minimum atomic E-state index is -0.979. The second kappa shape index (κ2) is 7.73. The van der Waals surface area contributed by atoms with E-state index in [1.54, 1.807) is 38.1 Å². The summed E-state index contributed by atoms with van der Waals surface area (Å²) < 4.78 is 5.17. The zero-order chi connectivity index (χ0) is 21.3. The fraction of sp³-hybridized carbons (Fsp3) is 0.500. The first-order chi connectivity index (χ1) is 13.6. The van der Waals surface area contributed by atoms with E-state index >= 15 is 0 Å². The Morgan fingerprint density at radius 3 is 2.66 bits per heavy atom. The van der Waals surface area contributed by atoms with Crippen molar-refractivity contribution < 1.29 is 29.0 Å². The number of carbonyl (C=O) groups is 4. The lowest BCUT2D eigenvalue weighted by Gasteiger charge is -2.37. The fourth-order valence-corrected chi connectivity index (χ4v) is 3.96. The molecule has 3 rings (SSSR count). The zero-order valence-electron chi connectivity index (χ0n) is 16.7. The molecule has 0 aromatic heterocycles. The van der Waals surface area contributed by atoms with Gasteiger partial charge in [-0.05, 0) is 24.0 Å². The number of rotatable bonds is 6. The molecule has 2 saturated heterocycles. The molecule has 2 N–H and O–H groups in total. The van der Waals surface area contributed by atoms with Crippen LogP contribution in [0.1, 0.15) is 33.1 Å². The molecule has 2 fully saturated rings. The standard InChI is InChI=1S/C20H25N3O6/c1-20(2,11-16(25)26)10-15(24)22-8-7-14-17(22)18(27)23(19(28)21-14)12-5-4-6-13(9-12)29-3/h4-6,9,14,17H,7-8,10-11H2,1-3H3,(H,21,28)(H,25,26)/t14-,17-/m0/s1. The minimum absolute atomic E-state index is 0.00288. The number of ether oxygens (including phenoxy) is 1. The van der Waals surface area contributed by atoms with Crippen LogP contribution in [-0.4, -0.2) is 59.6 Å². The highest BCUT2D eigenvalue weighted by Crippen LogP contribution is 2.32. The number of aliphatic carboxylic acids is 1. The highest BCUT2D eigenvalue weighted by Gasteiger charge is 2.50. The molecule has 1 aromatic rings. The summed E-state index contributed by atoms with van der Waals surface area (Å²) in [6.45, 7) is 3.74. The molecule has 2 aliphatic heterocycles. The second-order valence-corrected chi connectivity index (χ2v) is 8.16. The summed E-state index contributed by atoms with van der Waals surface area (Å²) in [4.78, 5) is 52.2. The van der Waals surface area contributed by atoms with E-state index < -0.39 is 35.4 Å². The maximum Gasteiger partial charge on any atom is 0.329 e. The van der Waals surface area contributed by atoms with Crippen molar-refractivity contribution in [2.24, 2.45) is 5.41 Å². The van der Waals surface area contributed by atoms with Crippen LogP contribution in [0.5, 0.6) is 5.75 Å². The van der Waals surface area contributed by atoms with E-state index in [9.17, 15) is 19.2 Å². The summed E-state index contributed by atoms with van der Waals surface area (Å²) in [6, 6.07) is 4.77. The Bertz CT molecular complexity index is 852. The molecule has 156 valence electrons. The van der Waals surface area contributed by atoms with E-state index in [2.05, 4.69) is 5.32 Å². The number of imide groups is 1. The zero-order valence-corrected chi connectivity index (χ0v) is 16.7. The van der Waals surface area contributed by atoms with Gasteiger partial charge in [-0.1, -0.05) is 19.9 Å². The van der Waals surface area contributed by atoms with Crippen molar-refractivity contribution in [3.63, 3.8) is 0 Å². The molecule has 0 bridgehead atoms. The lowest BCUT2D eigenvalue weighted by molar-refractivity contribution is -0.143. The number of likely N-dealkylation sites (tertiary alicyclic amines) is 1. The van der Waals surface area contributed by atoms with Gasteiger partial charge in [-0.25, -0.2) is 9.69 Å². The summed E-state index contributed by atoms with van der Waals surface area (Å²) >= 11 is 0. The van der Waals surface area contributed by atoms with E-state index in [0.29, 0.717) is 24.4 Å². The Kier molecular flexibility index (Phi) is 5.50. The van der Waals surface area contributed by atoms with Crippen LogP contribution >= 0.6 is 0 Å². The number of amides is 4. The second-order valence-electron chi connectivity index (χ2n) is 8.16. The Hall–Kier alpha value is -3.10. The number of fused-ring (bicyclic) bond motifs is 1. The predicted octanol–water partition coefficient (Wildman–Crippen LogP) is 1.61. The minimum Gasteiger partial charge on any atom is -0.497 e. The number of urea groups is 1. The monoisotopic (exact) mass is 403 g/mol. The van der Waals surface area contributed by atoms with Crippen LogP contribution < -0.4 is 15.0 Å². The van der Waals surface area contributed by atoms with Crippen molar-refractivity contribution in [3.8, 4) is 5.75 Å². The highest BCUT2D eigenvalue weighted by atomic mass is 16.5. The molecular formula is C20H25N3O6. The number of benzene rings is 1. The molecule has 0 radical (unpaired) electrons. The molecule has 2 atom stereocenters. The summed E-state index contributed by atoms with van der Waals surface area (Å²) in [7, 11) is 1.49. The van der Waals surface area contributed by atoms with Crippen molar-refractivity contribution in [1.82, 2.24) is 10.2 Å². The van der Waals surface area contributed by atoms with Gasteiger partial charge >= 0.3 is 12.0 Å². The maximum atomic E-state index is 13.2. The van der Waals surface area contributed by atoms with E-state index in [-0.39, 0.29) is 18.7 Å². The summed E-state index contributed by atoms with van der Waals surface area (Å²) in [5.74, 6) is -1.25. The number of anilines is 1. The predicted molar refractivity (Wildman–Crippen MR) is 104 cm³/mol. The average Bonchev–Trinajstić information content (AvgIpc) is 3.04.